The summed E-state index contributed by atoms with van der Waals surface area (Å²) in [5, 5.41) is 0. The van der Waals surface area contributed by atoms with E-state index in [-0.39, 0.29) is 5.97 Å². The molecule has 0 heterocycles. The Kier molecular flexibility index (Phi) is 5.03. The molecule has 4 nitrogen and oxygen atoms in total. The Morgan fingerprint density at radius 3 is 2.38 bits per heavy atom. The van der Waals surface area contributed by atoms with Crippen molar-refractivity contribution in [3.8, 4) is 11.5 Å². The predicted octanol–water partition coefficient (Wildman–Crippen LogP) is 4.36. The van der Waals surface area contributed by atoms with Crippen molar-refractivity contribution in [1.82, 2.24) is 0 Å². The summed E-state index contributed by atoms with van der Waals surface area (Å²) in [6.45, 7) is 6.36. The van der Waals surface area contributed by atoms with E-state index < -0.39 is 5.41 Å². The largest absolute Gasteiger partial charge is 0.493 e. The molecular formula is C22H24O4. The SMILES string of the molecule is C=C1CC[C@](C(=O)OCC)(c2ccccc2)c2cc(OC)c(OC)cc21. The summed E-state index contributed by atoms with van der Waals surface area (Å²) in [5.41, 5.74) is 2.80. The zero-order valence-electron chi connectivity index (χ0n) is 15.5. The lowest BCUT2D eigenvalue weighted by molar-refractivity contribution is -0.148. The van der Waals surface area contributed by atoms with Gasteiger partial charge in [-0.2, -0.15) is 0 Å². The number of hydrogen-bond acceptors (Lipinski definition) is 4. The monoisotopic (exact) mass is 352 g/mol. The molecule has 2 aromatic carbocycles. The van der Waals surface area contributed by atoms with E-state index in [0.717, 1.165) is 22.3 Å². The Labute approximate surface area is 154 Å². The number of esters is 1. The fourth-order valence-corrected chi connectivity index (χ4v) is 3.74. The molecule has 1 aliphatic carbocycles. The molecule has 1 atom stereocenters. The normalized spacial score (nSPS) is 18.8. The second-order valence-electron chi connectivity index (χ2n) is 6.35. The summed E-state index contributed by atoms with van der Waals surface area (Å²) < 4.78 is 16.5. The molecule has 0 radical (unpaired) electrons. The zero-order valence-corrected chi connectivity index (χ0v) is 15.5. The van der Waals surface area contributed by atoms with Crippen molar-refractivity contribution in [3.05, 3.63) is 65.7 Å². The van der Waals surface area contributed by atoms with Gasteiger partial charge in [0.1, 0.15) is 5.41 Å². The average molecular weight is 352 g/mol. The highest BCUT2D eigenvalue weighted by Crippen LogP contribution is 2.50. The lowest BCUT2D eigenvalue weighted by atomic mass is 9.64. The molecule has 0 unspecified atom stereocenters. The van der Waals surface area contributed by atoms with Crippen LogP contribution in [0.3, 0.4) is 0 Å². The van der Waals surface area contributed by atoms with Gasteiger partial charge >= 0.3 is 5.97 Å². The third-order valence-corrected chi connectivity index (χ3v) is 5.06. The van der Waals surface area contributed by atoms with Crippen molar-refractivity contribution in [2.75, 3.05) is 20.8 Å². The number of carbonyl (C=O) groups is 1. The van der Waals surface area contributed by atoms with Gasteiger partial charge in [0.25, 0.3) is 0 Å². The number of benzene rings is 2. The van der Waals surface area contributed by atoms with Crippen LogP contribution in [0, 0.1) is 0 Å². The molecular weight excluding hydrogens is 328 g/mol. The third-order valence-electron chi connectivity index (χ3n) is 5.06. The number of rotatable bonds is 5. The molecule has 0 aromatic heterocycles. The highest BCUT2D eigenvalue weighted by atomic mass is 16.5. The zero-order chi connectivity index (χ0) is 18.7. The number of carbonyl (C=O) groups excluding carboxylic acids is 1. The minimum Gasteiger partial charge on any atom is -0.493 e. The lowest BCUT2D eigenvalue weighted by Gasteiger charge is -2.38. The van der Waals surface area contributed by atoms with Crippen LogP contribution in [0.5, 0.6) is 11.5 Å². The predicted molar refractivity (Wildman–Crippen MR) is 102 cm³/mol. The number of methoxy groups -OCH3 is 2. The van der Waals surface area contributed by atoms with Crippen molar-refractivity contribution < 1.29 is 19.0 Å². The Bertz CT molecular complexity index is 826. The maximum absolute atomic E-state index is 13.2. The Morgan fingerprint density at radius 2 is 1.77 bits per heavy atom. The van der Waals surface area contributed by atoms with Gasteiger partial charge in [0.2, 0.25) is 0 Å². The van der Waals surface area contributed by atoms with Gasteiger partial charge in [-0.15, -0.1) is 0 Å². The van der Waals surface area contributed by atoms with Gasteiger partial charge in [-0.25, -0.2) is 0 Å². The second kappa shape index (κ2) is 7.24. The summed E-state index contributed by atoms with van der Waals surface area (Å²) in [6, 6.07) is 13.6. The van der Waals surface area contributed by atoms with Crippen LogP contribution in [0.1, 0.15) is 36.5 Å². The first kappa shape index (κ1) is 18.1. The van der Waals surface area contributed by atoms with Gasteiger partial charge in [0.05, 0.1) is 20.8 Å². The highest BCUT2D eigenvalue weighted by molar-refractivity contribution is 5.92. The average Bonchev–Trinajstić information content (AvgIpc) is 2.68. The van der Waals surface area contributed by atoms with E-state index in [0.29, 0.717) is 30.9 Å². The maximum Gasteiger partial charge on any atom is 0.321 e. The van der Waals surface area contributed by atoms with E-state index in [1.807, 2.05) is 49.4 Å². The van der Waals surface area contributed by atoms with E-state index in [1.165, 1.54) is 0 Å². The molecule has 0 aliphatic heterocycles. The first-order chi connectivity index (χ1) is 12.6. The lowest BCUT2D eigenvalue weighted by Crippen LogP contribution is -2.41. The van der Waals surface area contributed by atoms with Crippen LogP contribution < -0.4 is 9.47 Å². The molecule has 136 valence electrons. The molecule has 1 aliphatic rings. The summed E-state index contributed by atoms with van der Waals surface area (Å²) in [4.78, 5) is 13.2. The Morgan fingerprint density at radius 1 is 1.12 bits per heavy atom. The minimum atomic E-state index is -0.882. The maximum atomic E-state index is 13.2. The Hall–Kier alpha value is -2.75. The fraction of sp³-hybridized carbons (Fsp3) is 0.318. The van der Waals surface area contributed by atoms with E-state index in [1.54, 1.807) is 14.2 Å². The Balaban J connectivity index is 2.33. The first-order valence-electron chi connectivity index (χ1n) is 8.75. The van der Waals surface area contributed by atoms with Crippen LogP contribution in [0.15, 0.2) is 49.0 Å². The van der Waals surface area contributed by atoms with Gasteiger partial charge in [0, 0.05) is 0 Å². The standard InChI is InChI=1S/C22H24O4/c1-5-26-21(23)22(16-9-7-6-8-10-16)12-11-15(2)17-13-19(24-3)20(25-4)14-18(17)22/h6-10,13-14H,2,5,11-12H2,1,3-4H3/t22-/m0/s1. The van der Waals surface area contributed by atoms with Crippen LogP contribution in [0.25, 0.3) is 5.57 Å². The van der Waals surface area contributed by atoms with Crippen molar-refractivity contribution in [2.24, 2.45) is 0 Å². The second-order valence-corrected chi connectivity index (χ2v) is 6.35. The van der Waals surface area contributed by atoms with Crippen LogP contribution in [-0.2, 0) is 14.9 Å². The summed E-state index contributed by atoms with van der Waals surface area (Å²) in [6.07, 6.45) is 1.31. The van der Waals surface area contributed by atoms with E-state index in [9.17, 15) is 4.79 Å². The molecule has 0 amide bonds. The van der Waals surface area contributed by atoms with Gasteiger partial charge < -0.3 is 14.2 Å². The number of allylic oxidation sites excluding steroid dienone is 1. The molecule has 0 fully saturated rings. The topological polar surface area (TPSA) is 44.8 Å². The molecule has 0 N–H and O–H groups in total. The van der Waals surface area contributed by atoms with Gasteiger partial charge in [-0.05, 0) is 54.2 Å². The van der Waals surface area contributed by atoms with Crippen LogP contribution in [-0.4, -0.2) is 26.8 Å². The summed E-state index contributed by atoms with van der Waals surface area (Å²) in [5.74, 6) is 0.970. The van der Waals surface area contributed by atoms with E-state index in [4.69, 9.17) is 14.2 Å². The van der Waals surface area contributed by atoms with Crippen LogP contribution >= 0.6 is 0 Å². The summed E-state index contributed by atoms with van der Waals surface area (Å²) >= 11 is 0. The van der Waals surface area contributed by atoms with Crippen molar-refractivity contribution in [1.29, 1.82) is 0 Å². The van der Waals surface area contributed by atoms with Gasteiger partial charge in [-0.3, -0.25) is 4.79 Å². The number of ether oxygens (including phenoxy) is 3. The van der Waals surface area contributed by atoms with Crippen molar-refractivity contribution in [3.63, 3.8) is 0 Å². The number of fused-ring (bicyclic) bond motifs is 1. The van der Waals surface area contributed by atoms with Crippen LogP contribution in [0.2, 0.25) is 0 Å². The molecule has 3 rings (SSSR count). The quantitative estimate of drug-likeness (QED) is 0.750. The smallest absolute Gasteiger partial charge is 0.321 e. The molecule has 0 bridgehead atoms. The molecule has 26 heavy (non-hydrogen) atoms. The molecule has 2 aromatic rings. The number of hydrogen-bond donors (Lipinski definition) is 0. The van der Waals surface area contributed by atoms with Crippen molar-refractivity contribution >= 4 is 11.5 Å². The third kappa shape index (κ3) is 2.75. The molecule has 4 heteroatoms. The molecule has 0 saturated carbocycles. The summed E-state index contributed by atoms with van der Waals surface area (Å²) in [7, 11) is 3.20. The minimum absolute atomic E-state index is 0.243. The van der Waals surface area contributed by atoms with E-state index in [2.05, 4.69) is 6.58 Å². The fourth-order valence-electron chi connectivity index (χ4n) is 3.74. The molecule has 0 spiro atoms. The highest BCUT2D eigenvalue weighted by Gasteiger charge is 2.47. The van der Waals surface area contributed by atoms with E-state index >= 15 is 0 Å². The van der Waals surface area contributed by atoms with Crippen molar-refractivity contribution in [2.45, 2.75) is 25.2 Å². The molecule has 0 saturated heterocycles. The van der Waals surface area contributed by atoms with Gasteiger partial charge in [-0.1, -0.05) is 36.9 Å². The van der Waals surface area contributed by atoms with Crippen LogP contribution in [0.4, 0.5) is 0 Å². The van der Waals surface area contributed by atoms with Gasteiger partial charge in [0.15, 0.2) is 11.5 Å². The first-order valence-corrected chi connectivity index (χ1v) is 8.75.